The van der Waals surface area contributed by atoms with E-state index in [0.29, 0.717) is 12.8 Å². The Morgan fingerprint density at radius 2 is 2.21 bits per heavy atom. The zero-order valence-corrected chi connectivity index (χ0v) is 7.86. The topological polar surface area (TPSA) is 40.9 Å². The summed E-state index contributed by atoms with van der Waals surface area (Å²) in [4.78, 5) is 11.8. The first-order valence-electron chi connectivity index (χ1n) is 4.82. The zero-order valence-electron chi connectivity index (χ0n) is 7.86. The molecule has 1 unspecified atom stereocenters. The van der Waals surface area contributed by atoms with Gasteiger partial charge in [0.15, 0.2) is 5.78 Å². The van der Waals surface area contributed by atoms with Crippen molar-refractivity contribution in [2.45, 2.75) is 19.3 Å². The number of hydrogen-bond acceptors (Lipinski definition) is 2. The first kappa shape index (κ1) is 8.96. The Bertz CT molecular complexity index is 403. The largest absolute Gasteiger partial charge is 0.294 e. The van der Waals surface area contributed by atoms with E-state index in [-0.39, 0.29) is 11.7 Å². The van der Waals surface area contributed by atoms with Crippen LogP contribution in [0.2, 0.25) is 0 Å². The molecule has 2 heteroatoms. The normalized spacial score (nSPS) is 19.1. The summed E-state index contributed by atoms with van der Waals surface area (Å²) in [5.41, 5.74) is 2.00. The SMILES string of the molecule is N#CCCC1Cc2ccccc2C1=O. The van der Waals surface area contributed by atoms with Gasteiger partial charge < -0.3 is 0 Å². The van der Waals surface area contributed by atoms with Gasteiger partial charge in [0.2, 0.25) is 0 Å². The number of hydrogen-bond donors (Lipinski definition) is 0. The molecule has 0 bridgehead atoms. The van der Waals surface area contributed by atoms with E-state index < -0.39 is 0 Å². The molecule has 0 aromatic heterocycles. The fourth-order valence-corrected chi connectivity index (χ4v) is 1.99. The minimum Gasteiger partial charge on any atom is -0.294 e. The summed E-state index contributed by atoms with van der Waals surface area (Å²) in [7, 11) is 0. The van der Waals surface area contributed by atoms with E-state index in [1.165, 1.54) is 0 Å². The van der Waals surface area contributed by atoms with Crippen LogP contribution in [0.5, 0.6) is 0 Å². The smallest absolute Gasteiger partial charge is 0.166 e. The molecule has 1 aliphatic carbocycles. The minimum absolute atomic E-state index is 0.0482. The molecule has 14 heavy (non-hydrogen) atoms. The van der Waals surface area contributed by atoms with E-state index in [9.17, 15) is 4.79 Å². The van der Waals surface area contributed by atoms with Gasteiger partial charge in [0.1, 0.15) is 0 Å². The quantitative estimate of drug-likeness (QED) is 0.709. The van der Waals surface area contributed by atoms with Crippen LogP contribution in [0.1, 0.15) is 28.8 Å². The summed E-state index contributed by atoms with van der Waals surface area (Å²) in [6, 6.07) is 9.82. The van der Waals surface area contributed by atoms with Crippen LogP contribution in [0.4, 0.5) is 0 Å². The predicted octanol–water partition coefficient (Wildman–Crippen LogP) is 2.35. The summed E-state index contributed by atoms with van der Waals surface area (Å²) in [5.74, 6) is 0.267. The lowest BCUT2D eigenvalue weighted by molar-refractivity contribution is 0.0932. The Morgan fingerprint density at radius 3 is 2.93 bits per heavy atom. The highest BCUT2D eigenvalue weighted by molar-refractivity contribution is 6.02. The molecule has 0 saturated carbocycles. The van der Waals surface area contributed by atoms with Gasteiger partial charge in [0, 0.05) is 17.9 Å². The second kappa shape index (κ2) is 3.63. The Morgan fingerprint density at radius 1 is 1.43 bits per heavy atom. The maximum Gasteiger partial charge on any atom is 0.166 e. The van der Waals surface area contributed by atoms with Crippen LogP contribution < -0.4 is 0 Å². The maximum atomic E-state index is 11.8. The van der Waals surface area contributed by atoms with Gasteiger partial charge in [-0.15, -0.1) is 0 Å². The molecule has 1 aromatic rings. The molecular weight excluding hydrogens is 174 g/mol. The molecule has 0 heterocycles. The van der Waals surface area contributed by atoms with Crippen LogP contribution in [0.15, 0.2) is 24.3 Å². The Labute approximate surface area is 83.2 Å². The van der Waals surface area contributed by atoms with Crippen LogP contribution in [0.3, 0.4) is 0 Å². The molecule has 0 radical (unpaired) electrons. The molecule has 2 nitrogen and oxygen atoms in total. The van der Waals surface area contributed by atoms with Gasteiger partial charge in [-0.25, -0.2) is 0 Å². The number of carbonyl (C=O) groups is 1. The van der Waals surface area contributed by atoms with Crippen molar-refractivity contribution in [1.29, 1.82) is 5.26 Å². The van der Waals surface area contributed by atoms with Gasteiger partial charge in [0.05, 0.1) is 6.07 Å². The van der Waals surface area contributed by atoms with E-state index in [0.717, 1.165) is 17.5 Å². The van der Waals surface area contributed by atoms with Crippen LogP contribution in [0, 0.1) is 17.2 Å². The molecule has 70 valence electrons. The molecule has 0 fully saturated rings. The van der Waals surface area contributed by atoms with E-state index in [2.05, 4.69) is 6.07 Å². The van der Waals surface area contributed by atoms with Gasteiger partial charge in [0.25, 0.3) is 0 Å². The molecule has 0 amide bonds. The molecule has 0 N–H and O–H groups in total. The maximum absolute atomic E-state index is 11.8. The van der Waals surface area contributed by atoms with Crippen LogP contribution in [-0.4, -0.2) is 5.78 Å². The minimum atomic E-state index is 0.0482. The van der Waals surface area contributed by atoms with Crippen LogP contribution in [0.25, 0.3) is 0 Å². The third-order valence-corrected chi connectivity index (χ3v) is 2.72. The highest BCUT2D eigenvalue weighted by atomic mass is 16.1. The van der Waals surface area contributed by atoms with Crippen molar-refractivity contribution in [3.8, 4) is 6.07 Å². The van der Waals surface area contributed by atoms with Gasteiger partial charge in [-0.05, 0) is 18.4 Å². The average Bonchev–Trinajstić information content (AvgIpc) is 2.54. The van der Waals surface area contributed by atoms with Crippen molar-refractivity contribution in [3.05, 3.63) is 35.4 Å². The predicted molar refractivity (Wildman–Crippen MR) is 52.8 cm³/mol. The van der Waals surface area contributed by atoms with Crippen molar-refractivity contribution < 1.29 is 4.79 Å². The third kappa shape index (κ3) is 1.42. The number of nitriles is 1. The van der Waals surface area contributed by atoms with Gasteiger partial charge in [-0.3, -0.25) is 4.79 Å². The first-order valence-corrected chi connectivity index (χ1v) is 4.82. The number of Topliss-reactive ketones (excluding diaryl/α,β-unsaturated/α-hetero) is 1. The lowest BCUT2D eigenvalue weighted by Crippen LogP contribution is -2.08. The van der Waals surface area contributed by atoms with Crippen molar-refractivity contribution >= 4 is 5.78 Å². The van der Waals surface area contributed by atoms with Crippen molar-refractivity contribution in [1.82, 2.24) is 0 Å². The molecule has 1 atom stereocenters. The van der Waals surface area contributed by atoms with E-state index in [4.69, 9.17) is 5.26 Å². The Kier molecular flexibility index (Phi) is 2.32. The van der Waals surface area contributed by atoms with Crippen LogP contribution in [-0.2, 0) is 6.42 Å². The summed E-state index contributed by atoms with van der Waals surface area (Å²) in [6.45, 7) is 0. The summed E-state index contributed by atoms with van der Waals surface area (Å²) in [5, 5.41) is 8.47. The molecule has 0 saturated heterocycles. The van der Waals surface area contributed by atoms with Crippen LogP contribution >= 0.6 is 0 Å². The van der Waals surface area contributed by atoms with E-state index >= 15 is 0 Å². The highest BCUT2D eigenvalue weighted by Gasteiger charge is 2.29. The monoisotopic (exact) mass is 185 g/mol. The third-order valence-electron chi connectivity index (χ3n) is 2.72. The summed E-state index contributed by atoms with van der Waals surface area (Å²) >= 11 is 0. The average molecular weight is 185 g/mol. The second-order valence-corrected chi connectivity index (χ2v) is 3.62. The molecule has 2 rings (SSSR count). The fraction of sp³-hybridized carbons (Fsp3) is 0.333. The number of ketones is 1. The van der Waals surface area contributed by atoms with Crippen molar-refractivity contribution in [2.75, 3.05) is 0 Å². The Balaban J connectivity index is 2.18. The second-order valence-electron chi connectivity index (χ2n) is 3.62. The number of fused-ring (bicyclic) bond motifs is 1. The molecule has 0 spiro atoms. The van der Waals surface area contributed by atoms with Crippen molar-refractivity contribution in [2.24, 2.45) is 5.92 Å². The summed E-state index contributed by atoms with van der Waals surface area (Å²) < 4.78 is 0. The number of rotatable bonds is 2. The number of benzene rings is 1. The van der Waals surface area contributed by atoms with Crippen molar-refractivity contribution in [3.63, 3.8) is 0 Å². The van der Waals surface area contributed by atoms with E-state index in [1.807, 2.05) is 24.3 Å². The molecule has 1 aromatic carbocycles. The van der Waals surface area contributed by atoms with Gasteiger partial charge >= 0.3 is 0 Å². The summed E-state index contributed by atoms with van der Waals surface area (Å²) in [6.07, 6.45) is 1.99. The Hall–Kier alpha value is -1.62. The number of carbonyl (C=O) groups excluding carboxylic acids is 1. The molecule has 0 aliphatic heterocycles. The lowest BCUT2D eigenvalue weighted by Gasteiger charge is -2.02. The first-order chi connectivity index (χ1) is 6.83. The molecular formula is C12H11NO. The van der Waals surface area contributed by atoms with Gasteiger partial charge in [-0.2, -0.15) is 5.26 Å². The zero-order chi connectivity index (χ0) is 9.97. The highest BCUT2D eigenvalue weighted by Crippen LogP contribution is 2.29. The molecule has 1 aliphatic rings. The standard InChI is InChI=1S/C12H11NO/c13-7-3-5-10-8-9-4-1-2-6-11(9)12(10)14/h1-2,4,6,10H,3,5,8H2. The number of nitrogens with zero attached hydrogens (tertiary/aromatic N) is 1. The fourth-order valence-electron chi connectivity index (χ4n) is 1.99. The van der Waals surface area contributed by atoms with Gasteiger partial charge in [-0.1, -0.05) is 24.3 Å². The lowest BCUT2D eigenvalue weighted by atomic mass is 9.99. The van der Waals surface area contributed by atoms with E-state index in [1.54, 1.807) is 0 Å².